The third kappa shape index (κ3) is 3.41. The zero-order valence-corrected chi connectivity index (χ0v) is 14.6. The molecule has 0 amide bonds. The van der Waals surface area contributed by atoms with Gasteiger partial charge in [-0.3, -0.25) is 9.88 Å². The molecule has 1 aromatic rings. The third-order valence-electron chi connectivity index (χ3n) is 4.88. The highest BCUT2D eigenvalue weighted by Gasteiger charge is 2.40. The van der Waals surface area contributed by atoms with Crippen molar-refractivity contribution >= 4 is 15.9 Å². The van der Waals surface area contributed by atoms with Gasteiger partial charge in [-0.25, -0.2) is 0 Å². The van der Waals surface area contributed by atoms with Crippen molar-refractivity contribution in [1.29, 1.82) is 0 Å². The monoisotopic (exact) mass is 339 g/mol. The molecule has 2 unspecified atom stereocenters. The maximum atomic E-state index is 4.54. The topological polar surface area (TPSA) is 28.2 Å². The maximum absolute atomic E-state index is 4.54. The molecule has 1 aliphatic heterocycles. The van der Waals surface area contributed by atoms with E-state index in [-0.39, 0.29) is 11.1 Å². The Kier molecular flexibility index (Phi) is 4.88. The smallest absolute Gasteiger partial charge is 0.0545 e. The Bertz CT molecular complexity index is 448. The summed E-state index contributed by atoms with van der Waals surface area (Å²) in [5, 5.41) is 3.74. The summed E-state index contributed by atoms with van der Waals surface area (Å²) in [6, 6.07) is 4.19. The minimum atomic E-state index is 0.212. The predicted octanol–water partition coefficient (Wildman–Crippen LogP) is 3.59. The highest BCUT2D eigenvalue weighted by Crippen LogP contribution is 2.29. The lowest BCUT2D eigenvalue weighted by atomic mass is 9.85. The van der Waals surface area contributed by atoms with Crippen molar-refractivity contribution in [1.82, 2.24) is 15.2 Å². The van der Waals surface area contributed by atoms with E-state index in [1.165, 1.54) is 0 Å². The number of nitrogens with one attached hydrogen (secondary N) is 1. The molecule has 1 saturated heterocycles. The van der Waals surface area contributed by atoms with Gasteiger partial charge in [-0.2, -0.15) is 0 Å². The molecule has 2 atom stereocenters. The van der Waals surface area contributed by atoms with Crippen molar-refractivity contribution in [3.63, 3.8) is 0 Å². The van der Waals surface area contributed by atoms with Crippen LogP contribution in [0.25, 0.3) is 0 Å². The number of pyridine rings is 1. The number of nitrogens with zero attached hydrogens (tertiary/aromatic N) is 2. The Balaban J connectivity index is 2.17. The summed E-state index contributed by atoms with van der Waals surface area (Å²) in [4.78, 5) is 7.14. The molecule has 0 aromatic carbocycles. The maximum Gasteiger partial charge on any atom is 0.0545 e. The summed E-state index contributed by atoms with van der Waals surface area (Å²) < 4.78 is 1.04. The second-order valence-electron chi connectivity index (χ2n) is 6.44. The van der Waals surface area contributed by atoms with E-state index in [2.05, 4.69) is 71.0 Å². The average molecular weight is 340 g/mol. The first-order valence-electron chi connectivity index (χ1n) is 7.51. The molecule has 0 aliphatic carbocycles. The van der Waals surface area contributed by atoms with Crippen LogP contribution in [-0.2, 0) is 6.54 Å². The van der Waals surface area contributed by atoms with Crippen molar-refractivity contribution in [2.24, 2.45) is 0 Å². The van der Waals surface area contributed by atoms with Gasteiger partial charge < -0.3 is 5.32 Å². The van der Waals surface area contributed by atoms with Crippen molar-refractivity contribution in [3.05, 3.63) is 28.5 Å². The summed E-state index contributed by atoms with van der Waals surface area (Å²) in [6.07, 6.45) is 4.19. The van der Waals surface area contributed by atoms with Crippen molar-refractivity contribution in [3.8, 4) is 0 Å². The minimum absolute atomic E-state index is 0.212. The second kappa shape index (κ2) is 6.12. The summed E-state index contributed by atoms with van der Waals surface area (Å²) in [7, 11) is 0. The number of hydrogen-bond donors (Lipinski definition) is 1. The van der Waals surface area contributed by atoms with Gasteiger partial charge in [0.25, 0.3) is 0 Å². The third-order valence-corrected chi connectivity index (χ3v) is 5.35. The standard InChI is InChI=1S/C16H26BrN3/c1-5-15(3)12-20(16(4,6-2)11-19-15)10-14-8-7-13(17)9-18-14/h7-9,19H,5-6,10-12H2,1-4H3. The molecule has 1 aromatic heterocycles. The zero-order chi connectivity index (χ0) is 14.8. The Morgan fingerprint density at radius 3 is 2.60 bits per heavy atom. The molecule has 3 nitrogen and oxygen atoms in total. The van der Waals surface area contributed by atoms with Crippen molar-refractivity contribution in [2.45, 2.75) is 58.2 Å². The highest BCUT2D eigenvalue weighted by atomic mass is 79.9. The van der Waals surface area contributed by atoms with E-state index >= 15 is 0 Å². The van der Waals surface area contributed by atoms with Crippen LogP contribution in [0.4, 0.5) is 0 Å². The first-order valence-corrected chi connectivity index (χ1v) is 8.30. The average Bonchev–Trinajstić information content (AvgIpc) is 2.46. The summed E-state index contributed by atoms with van der Waals surface area (Å²) in [5.74, 6) is 0. The van der Waals surface area contributed by atoms with Crippen LogP contribution in [0.3, 0.4) is 0 Å². The van der Waals surface area contributed by atoms with Gasteiger partial charge in [0.05, 0.1) is 5.69 Å². The van der Waals surface area contributed by atoms with Gasteiger partial charge in [0.15, 0.2) is 0 Å². The molecule has 2 heterocycles. The number of hydrogen-bond acceptors (Lipinski definition) is 3. The van der Waals surface area contributed by atoms with E-state index in [1.807, 2.05) is 6.20 Å². The van der Waals surface area contributed by atoms with Crippen LogP contribution in [0.1, 0.15) is 46.2 Å². The van der Waals surface area contributed by atoms with Crippen LogP contribution in [-0.4, -0.2) is 34.1 Å². The van der Waals surface area contributed by atoms with E-state index in [9.17, 15) is 0 Å². The van der Waals surface area contributed by atoms with Gasteiger partial charge >= 0.3 is 0 Å². The molecular formula is C16H26BrN3. The van der Waals surface area contributed by atoms with E-state index < -0.39 is 0 Å². The van der Waals surface area contributed by atoms with Gasteiger partial charge in [0, 0.05) is 41.4 Å². The van der Waals surface area contributed by atoms with Crippen molar-refractivity contribution in [2.75, 3.05) is 13.1 Å². The Hall–Kier alpha value is -0.450. The number of rotatable bonds is 4. The summed E-state index contributed by atoms with van der Waals surface area (Å²) in [5.41, 5.74) is 1.57. The Morgan fingerprint density at radius 1 is 1.30 bits per heavy atom. The number of aromatic nitrogens is 1. The predicted molar refractivity (Wildman–Crippen MR) is 87.7 cm³/mol. The summed E-state index contributed by atoms with van der Waals surface area (Å²) >= 11 is 3.45. The Morgan fingerprint density at radius 2 is 2.05 bits per heavy atom. The van der Waals surface area contributed by atoms with Gasteiger partial charge in [-0.15, -0.1) is 0 Å². The van der Waals surface area contributed by atoms with E-state index in [1.54, 1.807) is 0 Å². The molecule has 4 heteroatoms. The van der Waals surface area contributed by atoms with E-state index in [0.29, 0.717) is 0 Å². The SMILES string of the molecule is CCC1(C)CN(Cc2ccc(Br)cn2)C(C)(CC)CN1. The van der Waals surface area contributed by atoms with Crippen LogP contribution in [0.15, 0.2) is 22.8 Å². The van der Waals surface area contributed by atoms with Gasteiger partial charge in [-0.1, -0.05) is 13.8 Å². The molecule has 0 spiro atoms. The molecule has 20 heavy (non-hydrogen) atoms. The molecule has 2 rings (SSSR count). The first-order chi connectivity index (χ1) is 9.41. The van der Waals surface area contributed by atoms with Crippen LogP contribution in [0.5, 0.6) is 0 Å². The molecule has 0 radical (unpaired) electrons. The van der Waals surface area contributed by atoms with Gasteiger partial charge in [0.2, 0.25) is 0 Å². The lowest BCUT2D eigenvalue weighted by Gasteiger charge is -2.52. The first kappa shape index (κ1) is 15.9. The van der Waals surface area contributed by atoms with Crippen LogP contribution in [0, 0.1) is 0 Å². The fraction of sp³-hybridized carbons (Fsp3) is 0.688. The molecule has 0 saturated carbocycles. The molecule has 1 aliphatic rings. The van der Waals surface area contributed by atoms with Crippen LogP contribution in [0.2, 0.25) is 0 Å². The van der Waals surface area contributed by atoms with Gasteiger partial charge in [-0.05, 0) is 54.8 Å². The Labute approximate surface area is 131 Å². The number of piperazine rings is 1. The van der Waals surface area contributed by atoms with Crippen LogP contribution >= 0.6 is 15.9 Å². The second-order valence-corrected chi connectivity index (χ2v) is 7.36. The molecule has 112 valence electrons. The fourth-order valence-corrected chi connectivity index (χ4v) is 2.95. The van der Waals surface area contributed by atoms with E-state index in [0.717, 1.165) is 42.6 Å². The highest BCUT2D eigenvalue weighted by molar-refractivity contribution is 9.10. The number of halogens is 1. The largest absolute Gasteiger partial charge is 0.308 e. The minimum Gasteiger partial charge on any atom is -0.308 e. The molecular weight excluding hydrogens is 314 g/mol. The zero-order valence-electron chi connectivity index (χ0n) is 13.0. The fourth-order valence-electron chi connectivity index (χ4n) is 2.71. The lowest BCUT2D eigenvalue weighted by molar-refractivity contribution is 0.00954. The normalized spacial score (nSPS) is 31.4. The van der Waals surface area contributed by atoms with E-state index in [4.69, 9.17) is 0 Å². The lowest BCUT2D eigenvalue weighted by Crippen LogP contribution is -2.67. The molecule has 1 N–H and O–H groups in total. The van der Waals surface area contributed by atoms with Crippen molar-refractivity contribution < 1.29 is 0 Å². The van der Waals surface area contributed by atoms with Crippen LogP contribution < -0.4 is 5.32 Å². The molecule has 1 fully saturated rings. The van der Waals surface area contributed by atoms with Gasteiger partial charge in [0.1, 0.15) is 0 Å². The quantitative estimate of drug-likeness (QED) is 0.908. The molecule has 0 bridgehead atoms. The summed E-state index contributed by atoms with van der Waals surface area (Å²) in [6.45, 7) is 12.3.